The van der Waals surface area contributed by atoms with Crippen molar-refractivity contribution in [2.24, 2.45) is 0 Å². The van der Waals surface area contributed by atoms with E-state index in [4.69, 9.17) is 21.1 Å². The summed E-state index contributed by atoms with van der Waals surface area (Å²) >= 11 is 5.61. The zero-order valence-corrected chi connectivity index (χ0v) is 13.9. The van der Waals surface area contributed by atoms with Crippen molar-refractivity contribution >= 4 is 29.2 Å². The lowest BCUT2D eigenvalue weighted by Crippen LogP contribution is -2.22. The quantitative estimate of drug-likeness (QED) is 0.793. The number of hydrogen-bond donors (Lipinski definition) is 1. The summed E-state index contributed by atoms with van der Waals surface area (Å²) in [6, 6.07) is 7.77. The minimum atomic E-state index is -0.726. The highest BCUT2D eigenvalue weighted by Crippen LogP contribution is 2.19. The number of esters is 1. The van der Waals surface area contributed by atoms with E-state index in [-0.39, 0.29) is 22.9 Å². The molecule has 2 aromatic rings. The normalized spacial score (nSPS) is 10.2. The third-order valence-electron chi connectivity index (χ3n) is 3.13. The van der Waals surface area contributed by atoms with Crippen LogP contribution in [0.5, 0.6) is 5.75 Å². The lowest BCUT2D eigenvalue weighted by molar-refractivity contribution is -0.146. The van der Waals surface area contributed by atoms with Crippen LogP contribution in [0.2, 0.25) is 5.02 Å². The van der Waals surface area contributed by atoms with E-state index in [1.54, 1.807) is 0 Å². The second-order valence-electron chi connectivity index (χ2n) is 4.98. The molecule has 5 nitrogen and oxygen atoms in total. The third-order valence-corrected chi connectivity index (χ3v) is 3.37. The second-order valence-corrected chi connectivity index (χ2v) is 5.42. The van der Waals surface area contributed by atoms with Crippen molar-refractivity contribution in [2.75, 3.05) is 19.0 Å². The van der Waals surface area contributed by atoms with Crippen LogP contribution in [0, 0.1) is 11.6 Å². The summed E-state index contributed by atoms with van der Waals surface area (Å²) in [4.78, 5) is 23.4. The van der Waals surface area contributed by atoms with E-state index in [1.807, 2.05) is 0 Å². The van der Waals surface area contributed by atoms with Gasteiger partial charge in [0.05, 0.1) is 19.2 Å². The monoisotopic (exact) mass is 369 g/mol. The number of halogens is 3. The molecule has 1 N–H and O–H groups in total. The first-order chi connectivity index (χ1) is 11.9. The van der Waals surface area contributed by atoms with E-state index >= 15 is 0 Å². The molecule has 0 aliphatic heterocycles. The smallest absolute Gasteiger partial charge is 0.310 e. The number of anilines is 1. The molecule has 0 heterocycles. The fraction of sp³-hybridized carbons (Fsp3) is 0.176. The number of amides is 1. The molecule has 0 spiro atoms. The molecular weight excluding hydrogens is 356 g/mol. The van der Waals surface area contributed by atoms with Gasteiger partial charge in [-0.2, -0.15) is 0 Å². The number of rotatable bonds is 6. The Kier molecular flexibility index (Phi) is 6.30. The largest absolute Gasteiger partial charge is 0.494 e. The van der Waals surface area contributed by atoms with E-state index < -0.39 is 30.1 Å². The molecule has 2 rings (SSSR count). The van der Waals surface area contributed by atoms with Gasteiger partial charge in [0.2, 0.25) is 0 Å². The summed E-state index contributed by atoms with van der Waals surface area (Å²) in [5.74, 6) is -2.70. The van der Waals surface area contributed by atoms with Gasteiger partial charge in [0.25, 0.3) is 5.91 Å². The third kappa shape index (κ3) is 5.42. The molecule has 25 heavy (non-hydrogen) atoms. The molecule has 132 valence electrons. The van der Waals surface area contributed by atoms with E-state index in [0.29, 0.717) is 5.56 Å². The van der Waals surface area contributed by atoms with Crippen LogP contribution in [-0.4, -0.2) is 25.6 Å². The van der Waals surface area contributed by atoms with E-state index in [2.05, 4.69) is 5.32 Å². The van der Waals surface area contributed by atoms with Crippen molar-refractivity contribution in [1.82, 2.24) is 0 Å². The van der Waals surface area contributed by atoms with Crippen LogP contribution in [-0.2, 0) is 20.7 Å². The van der Waals surface area contributed by atoms with Crippen molar-refractivity contribution in [3.8, 4) is 5.75 Å². The number of hydrogen-bond acceptors (Lipinski definition) is 4. The van der Waals surface area contributed by atoms with Crippen molar-refractivity contribution in [3.63, 3.8) is 0 Å². The predicted octanol–water partition coefficient (Wildman–Crippen LogP) is 3.35. The highest BCUT2D eigenvalue weighted by atomic mass is 35.5. The molecular formula is C17H14ClF2NO4. The summed E-state index contributed by atoms with van der Waals surface area (Å²) in [5.41, 5.74) is 0.287. The maximum Gasteiger partial charge on any atom is 0.310 e. The molecule has 0 bridgehead atoms. The Hall–Kier alpha value is -2.67. The summed E-state index contributed by atoms with van der Waals surface area (Å²) in [7, 11) is 1.33. The van der Waals surface area contributed by atoms with Gasteiger partial charge in [-0.15, -0.1) is 0 Å². The van der Waals surface area contributed by atoms with Gasteiger partial charge in [-0.3, -0.25) is 9.59 Å². The molecule has 1 amide bonds. The summed E-state index contributed by atoms with van der Waals surface area (Å²) < 4.78 is 36.6. The van der Waals surface area contributed by atoms with Crippen LogP contribution in [0.3, 0.4) is 0 Å². The van der Waals surface area contributed by atoms with Gasteiger partial charge in [0.1, 0.15) is 5.82 Å². The fourth-order valence-electron chi connectivity index (χ4n) is 1.96. The fourth-order valence-corrected chi connectivity index (χ4v) is 2.12. The van der Waals surface area contributed by atoms with Gasteiger partial charge in [0, 0.05) is 5.02 Å². The van der Waals surface area contributed by atoms with Gasteiger partial charge < -0.3 is 14.8 Å². The van der Waals surface area contributed by atoms with Crippen molar-refractivity contribution in [2.45, 2.75) is 6.42 Å². The summed E-state index contributed by atoms with van der Waals surface area (Å²) in [6.07, 6.45) is -0.219. The molecule has 0 saturated heterocycles. The standard InChI is InChI=1S/C17H14ClF2NO4/c1-24-15-5-2-10(6-13(15)20)7-17(23)25-9-16(22)21-14-4-3-11(18)8-12(14)19/h2-6,8H,7,9H2,1H3,(H,21,22). The maximum atomic E-state index is 13.5. The van der Waals surface area contributed by atoms with Crippen LogP contribution >= 0.6 is 11.6 Å². The lowest BCUT2D eigenvalue weighted by Gasteiger charge is -2.08. The maximum absolute atomic E-state index is 13.5. The molecule has 0 aromatic heterocycles. The van der Waals surface area contributed by atoms with E-state index in [9.17, 15) is 18.4 Å². The summed E-state index contributed by atoms with van der Waals surface area (Å²) in [5, 5.41) is 2.44. The molecule has 0 aliphatic rings. The lowest BCUT2D eigenvalue weighted by atomic mass is 10.1. The first kappa shape index (κ1) is 18.7. The minimum Gasteiger partial charge on any atom is -0.494 e. The van der Waals surface area contributed by atoms with Gasteiger partial charge >= 0.3 is 5.97 Å². The molecule has 0 unspecified atom stereocenters. The molecule has 0 fully saturated rings. The van der Waals surface area contributed by atoms with Crippen LogP contribution in [0.25, 0.3) is 0 Å². The average Bonchev–Trinajstić information content (AvgIpc) is 2.56. The Morgan fingerprint density at radius 1 is 1.12 bits per heavy atom. The van der Waals surface area contributed by atoms with Crippen molar-refractivity contribution in [1.29, 1.82) is 0 Å². The van der Waals surface area contributed by atoms with Gasteiger partial charge in [-0.25, -0.2) is 8.78 Å². The van der Waals surface area contributed by atoms with Crippen LogP contribution in [0.1, 0.15) is 5.56 Å². The highest BCUT2D eigenvalue weighted by molar-refractivity contribution is 6.30. The molecule has 0 radical (unpaired) electrons. The Labute approximate surface area is 147 Å². The van der Waals surface area contributed by atoms with Crippen LogP contribution < -0.4 is 10.1 Å². The van der Waals surface area contributed by atoms with E-state index in [0.717, 1.165) is 12.1 Å². The zero-order valence-electron chi connectivity index (χ0n) is 13.1. The molecule has 0 saturated carbocycles. The first-order valence-corrected chi connectivity index (χ1v) is 7.50. The van der Waals surface area contributed by atoms with Crippen molar-refractivity contribution in [3.05, 3.63) is 58.6 Å². The predicted molar refractivity (Wildman–Crippen MR) is 87.7 cm³/mol. The number of methoxy groups -OCH3 is 1. The van der Waals surface area contributed by atoms with Crippen molar-refractivity contribution < 1.29 is 27.8 Å². The average molecular weight is 370 g/mol. The van der Waals surface area contributed by atoms with Gasteiger partial charge in [-0.1, -0.05) is 17.7 Å². The Balaban J connectivity index is 1.85. The first-order valence-electron chi connectivity index (χ1n) is 7.12. The number of benzene rings is 2. The second kappa shape index (κ2) is 8.43. The van der Waals surface area contributed by atoms with Crippen LogP contribution in [0.15, 0.2) is 36.4 Å². The zero-order chi connectivity index (χ0) is 18.4. The van der Waals surface area contributed by atoms with Gasteiger partial charge in [-0.05, 0) is 35.9 Å². The Morgan fingerprint density at radius 2 is 1.88 bits per heavy atom. The SMILES string of the molecule is COc1ccc(CC(=O)OCC(=O)Nc2ccc(Cl)cc2F)cc1F. The highest BCUT2D eigenvalue weighted by Gasteiger charge is 2.12. The molecule has 2 aromatic carbocycles. The molecule has 0 aliphatic carbocycles. The number of ether oxygens (including phenoxy) is 2. The van der Waals surface area contributed by atoms with E-state index in [1.165, 1.54) is 31.4 Å². The Bertz CT molecular complexity index is 798. The topological polar surface area (TPSA) is 64.6 Å². The molecule has 0 atom stereocenters. The molecule has 8 heteroatoms. The number of carbonyl (C=O) groups is 2. The summed E-state index contributed by atoms with van der Waals surface area (Å²) in [6.45, 7) is -0.598. The Morgan fingerprint density at radius 3 is 2.52 bits per heavy atom. The number of carbonyl (C=O) groups excluding carboxylic acids is 2. The van der Waals surface area contributed by atoms with Gasteiger partial charge in [0.15, 0.2) is 18.2 Å². The van der Waals surface area contributed by atoms with Crippen LogP contribution in [0.4, 0.5) is 14.5 Å². The minimum absolute atomic E-state index is 0.0569. The number of nitrogens with one attached hydrogen (secondary N) is 1.